The zero-order chi connectivity index (χ0) is 27.9. The fraction of sp³-hybridized carbons (Fsp3) is 0.269. The van der Waals surface area contributed by atoms with Crippen LogP contribution in [0.5, 0.6) is 0 Å². The Hall–Kier alpha value is -4.00. The van der Waals surface area contributed by atoms with Crippen molar-refractivity contribution in [3.63, 3.8) is 0 Å². The Labute approximate surface area is 221 Å². The molecule has 0 radical (unpaired) electrons. The van der Waals surface area contributed by atoms with Gasteiger partial charge in [-0.15, -0.1) is 0 Å². The van der Waals surface area contributed by atoms with Crippen molar-refractivity contribution in [2.24, 2.45) is 0 Å². The van der Waals surface area contributed by atoms with E-state index in [-0.39, 0.29) is 28.2 Å². The van der Waals surface area contributed by atoms with Crippen LogP contribution >= 0.6 is 0 Å². The van der Waals surface area contributed by atoms with E-state index >= 15 is 0 Å². The summed E-state index contributed by atoms with van der Waals surface area (Å²) in [6, 6.07) is 10.6. The summed E-state index contributed by atoms with van der Waals surface area (Å²) in [5.41, 5.74) is 2.14. The second-order valence-corrected chi connectivity index (χ2v) is 11.2. The number of sulfone groups is 1. The second kappa shape index (κ2) is 9.95. The summed E-state index contributed by atoms with van der Waals surface area (Å²) < 4.78 is 80.1. The van der Waals surface area contributed by atoms with Gasteiger partial charge in [0.25, 0.3) is 5.91 Å². The number of rotatable bonds is 8. The summed E-state index contributed by atoms with van der Waals surface area (Å²) in [5, 5.41) is 9.27. The highest BCUT2D eigenvalue weighted by atomic mass is 32.2. The van der Waals surface area contributed by atoms with E-state index in [0.29, 0.717) is 22.4 Å². The lowest BCUT2D eigenvalue weighted by atomic mass is 10.0. The van der Waals surface area contributed by atoms with Gasteiger partial charge in [-0.1, -0.05) is 12.1 Å². The first-order chi connectivity index (χ1) is 18.4. The summed E-state index contributed by atoms with van der Waals surface area (Å²) in [7, 11) is -4.35. The van der Waals surface area contributed by atoms with Gasteiger partial charge < -0.3 is 10.6 Å². The number of carbonyl (C=O) groups excluding carboxylic acids is 1. The number of fused-ring (bicyclic) bond motifs is 1. The Kier molecular flexibility index (Phi) is 6.79. The fourth-order valence-corrected chi connectivity index (χ4v) is 5.30. The topological polar surface area (TPSA) is 105 Å². The Balaban J connectivity index is 1.59. The molecular formula is C26H23F4N5O3S. The molecular weight excluding hydrogens is 538 g/mol. The van der Waals surface area contributed by atoms with Gasteiger partial charge in [0.1, 0.15) is 5.82 Å². The van der Waals surface area contributed by atoms with Crippen LogP contribution in [0.2, 0.25) is 0 Å². The number of imidazole rings is 1. The van der Waals surface area contributed by atoms with Crippen LogP contribution in [0, 0.1) is 12.7 Å². The van der Waals surface area contributed by atoms with E-state index in [4.69, 9.17) is 0 Å². The number of alkyl halides is 3. The van der Waals surface area contributed by atoms with E-state index in [0.717, 1.165) is 31.0 Å². The minimum Gasteiger partial charge on any atom is -0.382 e. The Morgan fingerprint density at radius 2 is 1.90 bits per heavy atom. The zero-order valence-electron chi connectivity index (χ0n) is 20.6. The van der Waals surface area contributed by atoms with Gasteiger partial charge in [0.15, 0.2) is 10.7 Å². The largest absolute Gasteiger partial charge is 0.390 e. The average Bonchev–Trinajstić information content (AvgIpc) is 3.57. The number of halogens is 4. The van der Waals surface area contributed by atoms with Crippen molar-refractivity contribution in [1.29, 1.82) is 0 Å². The van der Waals surface area contributed by atoms with E-state index < -0.39 is 39.8 Å². The second-order valence-electron chi connectivity index (χ2n) is 9.31. The van der Waals surface area contributed by atoms with Gasteiger partial charge in [-0.05, 0) is 55.7 Å². The van der Waals surface area contributed by atoms with E-state index in [1.165, 1.54) is 22.8 Å². The van der Waals surface area contributed by atoms with Crippen molar-refractivity contribution in [1.82, 2.24) is 19.9 Å². The Bertz CT molecular complexity index is 1680. The highest BCUT2D eigenvalue weighted by Crippen LogP contribution is 2.30. The molecule has 4 aromatic rings. The monoisotopic (exact) mass is 561 g/mol. The molecule has 2 aromatic carbocycles. The molecule has 1 aliphatic rings. The van der Waals surface area contributed by atoms with E-state index in [2.05, 4.69) is 20.7 Å². The molecule has 0 saturated heterocycles. The number of benzene rings is 2. The maximum atomic E-state index is 13.8. The summed E-state index contributed by atoms with van der Waals surface area (Å²) in [6.45, 7) is 1.22. The van der Waals surface area contributed by atoms with Gasteiger partial charge in [0.05, 0.1) is 28.9 Å². The SMILES string of the molecule is Cc1cc(-c2cnc3c(NCCC(F)(F)F)cc(S(=O)(=O)c4cccc(F)c4)nn23)ccc1C(=O)NC1CC1. The van der Waals surface area contributed by atoms with Crippen molar-refractivity contribution < 1.29 is 30.8 Å². The molecule has 13 heteroatoms. The smallest absolute Gasteiger partial charge is 0.382 e. The molecule has 1 saturated carbocycles. The lowest BCUT2D eigenvalue weighted by molar-refractivity contribution is -0.131. The maximum absolute atomic E-state index is 13.8. The first-order valence-electron chi connectivity index (χ1n) is 12.0. The number of nitrogens with zero attached hydrogens (tertiary/aromatic N) is 3. The fourth-order valence-electron chi connectivity index (χ4n) is 4.07. The average molecular weight is 562 g/mol. The van der Waals surface area contributed by atoms with Crippen LogP contribution in [0.4, 0.5) is 23.2 Å². The molecule has 1 amide bonds. The molecule has 0 aliphatic heterocycles. The predicted octanol–water partition coefficient (Wildman–Crippen LogP) is 4.93. The number of aromatic nitrogens is 3. The third-order valence-electron chi connectivity index (χ3n) is 6.23. The molecule has 39 heavy (non-hydrogen) atoms. The third-order valence-corrected chi connectivity index (χ3v) is 7.85. The molecule has 5 rings (SSSR count). The van der Waals surface area contributed by atoms with Crippen LogP contribution in [-0.2, 0) is 9.84 Å². The maximum Gasteiger partial charge on any atom is 0.390 e. The first-order valence-corrected chi connectivity index (χ1v) is 13.5. The molecule has 1 aliphatic carbocycles. The minimum absolute atomic E-state index is 0.00707. The van der Waals surface area contributed by atoms with E-state index in [1.807, 2.05) is 0 Å². The lowest BCUT2D eigenvalue weighted by Crippen LogP contribution is -2.26. The van der Waals surface area contributed by atoms with Gasteiger partial charge in [0.2, 0.25) is 9.84 Å². The van der Waals surface area contributed by atoms with Gasteiger partial charge in [-0.25, -0.2) is 22.3 Å². The van der Waals surface area contributed by atoms with Crippen LogP contribution in [-0.4, -0.2) is 47.7 Å². The minimum atomic E-state index is -4.43. The number of carbonyl (C=O) groups is 1. The van der Waals surface area contributed by atoms with E-state index in [1.54, 1.807) is 25.1 Å². The van der Waals surface area contributed by atoms with Crippen LogP contribution in [0.3, 0.4) is 0 Å². The van der Waals surface area contributed by atoms with Crippen molar-refractivity contribution in [2.45, 2.75) is 48.3 Å². The van der Waals surface area contributed by atoms with Gasteiger partial charge in [-0.2, -0.15) is 18.3 Å². The molecule has 2 heterocycles. The number of hydrogen-bond donors (Lipinski definition) is 2. The molecule has 1 fully saturated rings. The van der Waals surface area contributed by atoms with Crippen molar-refractivity contribution in [3.05, 3.63) is 71.7 Å². The number of nitrogens with one attached hydrogen (secondary N) is 2. The number of amides is 1. The van der Waals surface area contributed by atoms with Crippen LogP contribution in [0.25, 0.3) is 16.9 Å². The molecule has 0 atom stereocenters. The highest BCUT2D eigenvalue weighted by molar-refractivity contribution is 7.91. The molecule has 204 valence electrons. The van der Waals surface area contributed by atoms with Crippen LogP contribution in [0.1, 0.15) is 35.2 Å². The standard InChI is InChI=1S/C26H23F4N5O3S/c1-15-11-16(5-8-20(15)25(36)33-18-6-7-18)22-14-32-24-21(31-10-9-26(28,29)30)13-23(34-35(22)24)39(37,38)19-4-2-3-17(27)12-19/h2-5,8,11-14,18,31H,6-7,9-10H2,1H3,(H,33,36). The van der Waals surface area contributed by atoms with Gasteiger partial charge >= 0.3 is 6.18 Å². The molecule has 0 unspecified atom stereocenters. The predicted molar refractivity (Wildman–Crippen MR) is 135 cm³/mol. The normalized spacial score (nSPS) is 14.0. The number of anilines is 1. The summed E-state index contributed by atoms with van der Waals surface area (Å²) in [4.78, 5) is 16.4. The molecule has 2 N–H and O–H groups in total. The summed E-state index contributed by atoms with van der Waals surface area (Å²) in [5.74, 6) is -0.970. The highest BCUT2D eigenvalue weighted by Gasteiger charge is 2.28. The van der Waals surface area contributed by atoms with Gasteiger partial charge in [-0.3, -0.25) is 4.79 Å². The van der Waals surface area contributed by atoms with Crippen LogP contribution in [0.15, 0.2) is 64.6 Å². The molecule has 2 aromatic heterocycles. The van der Waals surface area contributed by atoms with Crippen molar-refractivity contribution >= 4 is 27.1 Å². The molecule has 0 bridgehead atoms. The summed E-state index contributed by atoms with van der Waals surface area (Å²) in [6.07, 6.45) is -2.30. The molecule has 8 nitrogen and oxygen atoms in total. The number of aryl methyl sites for hydroxylation is 1. The Morgan fingerprint density at radius 1 is 1.13 bits per heavy atom. The summed E-state index contributed by atoms with van der Waals surface area (Å²) >= 11 is 0. The Morgan fingerprint density at radius 3 is 2.56 bits per heavy atom. The quantitative estimate of drug-likeness (QED) is 0.296. The lowest BCUT2D eigenvalue weighted by Gasteiger charge is -2.13. The first kappa shape index (κ1) is 26.6. The zero-order valence-corrected chi connectivity index (χ0v) is 21.4. The van der Waals surface area contributed by atoms with Crippen molar-refractivity contribution in [2.75, 3.05) is 11.9 Å². The van der Waals surface area contributed by atoms with E-state index in [9.17, 15) is 30.8 Å². The molecule has 0 spiro atoms. The number of hydrogen-bond acceptors (Lipinski definition) is 6. The third kappa shape index (κ3) is 5.72. The van der Waals surface area contributed by atoms with Crippen molar-refractivity contribution in [3.8, 4) is 11.3 Å². The van der Waals surface area contributed by atoms with Crippen LogP contribution < -0.4 is 10.6 Å². The van der Waals surface area contributed by atoms with Gasteiger partial charge in [0, 0.05) is 29.8 Å².